The molecule has 0 aliphatic heterocycles. The first-order valence-corrected chi connectivity index (χ1v) is 25.2. The topological polar surface area (TPSA) is 172 Å². The predicted octanol–water partition coefficient (Wildman–Crippen LogP) is 13.0. The first-order chi connectivity index (χ1) is 29.1. The van der Waals surface area contributed by atoms with Gasteiger partial charge in [0.05, 0.1) is 13.2 Å². The maximum Gasteiger partial charge on any atom is 0.472 e. The molecular weight excluding hydrogens is 781 g/mol. The third kappa shape index (κ3) is 42.1. The van der Waals surface area contributed by atoms with Gasteiger partial charge in [-0.15, -0.1) is 0 Å². The Morgan fingerprint density at radius 2 is 0.933 bits per heavy atom. The molecule has 0 rings (SSSR count). The molecule has 0 radical (unpaired) electrons. The van der Waals surface area contributed by atoms with Gasteiger partial charge in [0, 0.05) is 12.8 Å². The number of ether oxygens (including phenoxy) is 2. The molecule has 0 aromatic heterocycles. The van der Waals surface area contributed by atoms with Crippen LogP contribution in [0.1, 0.15) is 206 Å². The van der Waals surface area contributed by atoms with E-state index in [0.29, 0.717) is 12.8 Å². The smallest absolute Gasteiger partial charge is 0.472 e. The summed E-state index contributed by atoms with van der Waals surface area (Å²) in [7, 11) is -4.72. The van der Waals surface area contributed by atoms with Crippen LogP contribution in [-0.4, -0.2) is 59.9 Å². The average Bonchev–Trinajstić information content (AvgIpc) is 3.22. The van der Waals surface area contributed by atoms with Gasteiger partial charge in [0.25, 0.3) is 0 Å². The largest absolute Gasteiger partial charge is 0.480 e. The monoisotopic (exact) mass is 868 g/mol. The molecule has 0 spiro atoms. The van der Waals surface area contributed by atoms with Crippen LogP contribution < -0.4 is 5.73 Å². The number of carbonyl (C=O) groups is 3. The van der Waals surface area contributed by atoms with Crippen LogP contribution in [0.25, 0.3) is 0 Å². The van der Waals surface area contributed by atoms with E-state index in [-0.39, 0.29) is 19.4 Å². The Morgan fingerprint density at radius 1 is 0.533 bits per heavy atom. The molecule has 0 aromatic rings. The molecule has 4 N–H and O–H groups in total. The number of phosphoric ester groups is 1. The summed E-state index contributed by atoms with van der Waals surface area (Å²) < 4.78 is 32.8. The summed E-state index contributed by atoms with van der Waals surface area (Å²) in [5, 5.41) is 8.90. The van der Waals surface area contributed by atoms with Crippen molar-refractivity contribution in [3.05, 3.63) is 48.6 Å². The highest BCUT2D eigenvalue weighted by atomic mass is 31.2. The fourth-order valence-electron chi connectivity index (χ4n) is 6.49. The van der Waals surface area contributed by atoms with E-state index in [4.69, 9.17) is 24.8 Å². The molecule has 3 atom stereocenters. The number of carbonyl (C=O) groups excluding carboxylic acids is 2. The number of hydrogen-bond donors (Lipinski definition) is 3. The Kier molecular flexibility index (Phi) is 41.3. The molecule has 0 aromatic carbocycles. The first-order valence-electron chi connectivity index (χ1n) is 23.7. The van der Waals surface area contributed by atoms with Crippen molar-refractivity contribution in [1.82, 2.24) is 0 Å². The second-order valence-corrected chi connectivity index (χ2v) is 17.4. The van der Waals surface area contributed by atoms with Gasteiger partial charge in [-0.2, -0.15) is 0 Å². The molecule has 0 heterocycles. The Balaban J connectivity index is 4.28. The molecular formula is C48H86NO10P. The Hall–Kier alpha value is -2.56. The highest BCUT2D eigenvalue weighted by Gasteiger charge is 2.28. The number of unbranched alkanes of at least 4 members (excludes halogenated alkanes) is 25. The molecule has 0 amide bonds. The number of esters is 2. The number of rotatable bonds is 44. The summed E-state index contributed by atoms with van der Waals surface area (Å²) in [5.74, 6) is -2.40. The summed E-state index contributed by atoms with van der Waals surface area (Å²) in [6, 6.07) is -1.53. The first kappa shape index (κ1) is 57.4. The van der Waals surface area contributed by atoms with E-state index in [1.54, 1.807) is 0 Å². The van der Waals surface area contributed by atoms with Gasteiger partial charge in [0.15, 0.2) is 6.10 Å². The van der Waals surface area contributed by atoms with Crippen molar-refractivity contribution in [1.29, 1.82) is 0 Å². The van der Waals surface area contributed by atoms with Crippen LogP contribution in [0.3, 0.4) is 0 Å². The fourth-order valence-corrected chi connectivity index (χ4v) is 7.27. The van der Waals surface area contributed by atoms with Crippen molar-refractivity contribution in [2.75, 3.05) is 19.8 Å². The third-order valence-electron chi connectivity index (χ3n) is 10.2. The molecule has 60 heavy (non-hydrogen) atoms. The number of nitrogens with two attached hydrogens (primary N) is 1. The summed E-state index contributed by atoms with van der Waals surface area (Å²) in [4.78, 5) is 46.1. The van der Waals surface area contributed by atoms with Gasteiger partial charge in [0.2, 0.25) is 0 Å². The standard InChI is InChI=1S/C48H86NO10P/c1-3-5-7-9-11-13-15-17-19-20-21-22-23-24-26-28-30-32-34-36-38-40-47(51)59-44(42-57-60(54,55)58-43-45(49)48(52)53)41-56-46(50)39-37-35-33-31-29-27-25-18-16-14-12-10-8-6-4-2/h6,8,10,12,14,16,18,25,44-45H,3-5,7,9,11,13,15,17,19-24,26-43,49H2,1-2H3,(H,52,53)(H,54,55)/b8-6+,12-10+,16-14+,25-18+/t44-,45-/m0/s1. The number of allylic oxidation sites excluding steroid dienone is 8. The van der Waals surface area contributed by atoms with E-state index >= 15 is 0 Å². The molecule has 0 aliphatic rings. The maximum absolute atomic E-state index is 12.7. The molecule has 0 saturated carbocycles. The number of carboxylic acids is 1. The minimum atomic E-state index is -4.72. The molecule has 0 aliphatic carbocycles. The van der Waals surface area contributed by atoms with E-state index in [1.165, 1.54) is 109 Å². The van der Waals surface area contributed by atoms with Gasteiger partial charge in [-0.3, -0.25) is 23.4 Å². The van der Waals surface area contributed by atoms with E-state index in [9.17, 15) is 23.8 Å². The van der Waals surface area contributed by atoms with Gasteiger partial charge in [-0.1, -0.05) is 210 Å². The van der Waals surface area contributed by atoms with Crippen molar-refractivity contribution in [3.8, 4) is 0 Å². The lowest BCUT2D eigenvalue weighted by Gasteiger charge is -2.20. The van der Waals surface area contributed by atoms with Crippen LogP contribution in [0.15, 0.2) is 48.6 Å². The molecule has 12 heteroatoms. The summed E-state index contributed by atoms with van der Waals surface area (Å²) in [6.45, 7) is 2.66. The molecule has 1 unspecified atom stereocenters. The zero-order valence-electron chi connectivity index (χ0n) is 37.8. The lowest BCUT2D eigenvalue weighted by Crippen LogP contribution is -2.34. The zero-order chi connectivity index (χ0) is 44.2. The van der Waals surface area contributed by atoms with Crippen LogP contribution in [0.2, 0.25) is 0 Å². The SMILES string of the molecule is CC/C=C/C=C/C=C/C=C/CCCCCCCC(=O)OC[C@@H](COP(=O)(O)OC[C@H](N)C(=O)O)OC(=O)CCCCCCCCCCCCCCCCCCCCCCC. The summed E-state index contributed by atoms with van der Waals surface area (Å²) in [5.41, 5.74) is 5.34. The lowest BCUT2D eigenvalue weighted by atomic mass is 10.0. The van der Waals surface area contributed by atoms with E-state index in [0.717, 1.165) is 57.8 Å². The minimum absolute atomic E-state index is 0.158. The number of phosphoric acid groups is 1. The zero-order valence-corrected chi connectivity index (χ0v) is 38.7. The highest BCUT2D eigenvalue weighted by Crippen LogP contribution is 2.43. The van der Waals surface area contributed by atoms with Crippen LogP contribution in [-0.2, 0) is 37.5 Å². The Bertz CT molecular complexity index is 1200. The van der Waals surface area contributed by atoms with Crippen LogP contribution in [0.4, 0.5) is 0 Å². The maximum atomic E-state index is 12.7. The van der Waals surface area contributed by atoms with Gasteiger partial charge >= 0.3 is 25.7 Å². The minimum Gasteiger partial charge on any atom is -0.480 e. The number of carboxylic acid groups (broad SMARTS) is 1. The molecule has 11 nitrogen and oxygen atoms in total. The third-order valence-corrected chi connectivity index (χ3v) is 11.1. The van der Waals surface area contributed by atoms with Gasteiger partial charge in [0.1, 0.15) is 12.6 Å². The van der Waals surface area contributed by atoms with Crippen LogP contribution >= 0.6 is 7.82 Å². The van der Waals surface area contributed by atoms with Gasteiger partial charge < -0.3 is 25.2 Å². The van der Waals surface area contributed by atoms with E-state index < -0.39 is 51.1 Å². The van der Waals surface area contributed by atoms with Crippen molar-refractivity contribution in [2.45, 2.75) is 219 Å². The lowest BCUT2D eigenvalue weighted by molar-refractivity contribution is -0.161. The number of hydrogen-bond acceptors (Lipinski definition) is 9. The predicted molar refractivity (Wildman–Crippen MR) is 245 cm³/mol. The van der Waals surface area contributed by atoms with Gasteiger partial charge in [-0.05, 0) is 32.1 Å². The van der Waals surface area contributed by atoms with E-state index in [2.05, 4.69) is 30.5 Å². The number of aliphatic carboxylic acids is 1. The Morgan fingerprint density at radius 3 is 1.40 bits per heavy atom. The highest BCUT2D eigenvalue weighted by molar-refractivity contribution is 7.47. The van der Waals surface area contributed by atoms with E-state index in [1.807, 2.05) is 36.5 Å². The molecule has 0 saturated heterocycles. The van der Waals surface area contributed by atoms with Crippen molar-refractivity contribution in [2.24, 2.45) is 5.73 Å². The van der Waals surface area contributed by atoms with Crippen molar-refractivity contribution < 1.29 is 47.5 Å². The second kappa shape index (κ2) is 43.1. The summed E-state index contributed by atoms with van der Waals surface area (Å²) >= 11 is 0. The normalized spacial score (nSPS) is 14.1. The Labute approximate surface area is 365 Å². The van der Waals surface area contributed by atoms with Crippen LogP contribution in [0.5, 0.6) is 0 Å². The fraction of sp³-hybridized carbons (Fsp3) is 0.771. The molecule has 0 bridgehead atoms. The van der Waals surface area contributed by atoms with Crippen molar-refractivity contribution >= 4 is 25.7 Å². The van der Waals surface area contributed by atoms with Crippen molar-refractivity contribution in [3.63, 3.8) is 0 Å². The molecule has 0 fully saturated rings. The average molecular weight is 868 g/mol. The molecule has 348 valence electrons. The summed E-state index contributed by atoms with van der Waals surface area (Å²) in [6.07, 6.45) is 48.9. The quantitative estimate of drug-likeness (QED) is 0.0230. The van der Waals surface area contributed by atoms with Gasteiger partial charge in [-0.25, -0.2) is 4.57 Å². The van der Waals surface area contributed by atoms with Crippen LogP contribution in [0, 0.1) is 0 Å². The second-order valence-electron chi connectivity index (χ2n) is 16.0.